The maximum Gasteiger partial charge on any atom is 0.193 e. The molecule has 1 N–H and O–H groups in total. The van der Waals surface area contributed by atoms with Crippen molar-refractivity contribution in [1.82, 2.24) is 15.2 Å². The van der Waals surface area contributed by atoms with Crippen LogP contribution in [-0.4, -0.2) is 54.7 Å². The third-order valence-corrected chi connectivity index (χ3v) is 5.21. The monoisotopic (exact) mass is 338 g/mol. The first-order valence-corrected chi connectivity index (χ1v) is 9.53. The Labute approximate surface area is 144 Å². The van der Waals surface area contributed by atoms with Crippen LogP contribution >= 0.6 is 11.3 Å². The van der Waals surface area contributed by atoms with Crippen molar-refractivity contribution in [3.05, 3.63) is 15.6 Å². The van der Waals surface area contributed by atoms with Crippen molar-refractivity contribution >= 4 is 17.3 Å². The first-order chi connectivity index (χ1) is 11.1. The fourth-order valence-electron chi connectivity index (χ4n) is 2.96. The van der Waals surface area contributed by atoms with Gasteiger partial charge in [0.1, 0.15) is 0 Å². The number of hydrogen-bond donors (Lipinski definition) is 1. The summed E-state index contributed by atoms with van der Waals surface area (Å²) in [6, 6.07) is 0. The number of nitrogens with zero attached hydrogens (tertiary/aromatic N) is 3. The molecule has 6 heteroatoms. The van der Waals surface area contributed by atoms with Gasteiger partial charge in [0.15, 0.2) is 5.96 Å². The third-order valence-electron chi connectivity index (χ3n) is 4.08. The lowest BCUT2D eigenvalue weighted by atomic mass is 10.1. The summed E-state index contributed by atoms with van der Waals surface area (Å²) in [7, 11) is 0. The number of nitrogens with one attached hydrogen (secondary N) is 1. The molecule has 1 aromatic heterocycles. The van der Waals surface area contributed by atoms with Crippen LogP contribution in [0.2, 0.25) is 0 Å². The molecule has 1 fully saturated rings. The maximum atomic E-state index is 5.73. The number of aromatic nitrogens is 1. The quantitative estimate of drug-likeness (QED) is 0.640. The van der Waals surface area contributed by atoms with Crippen LogP contribution in [0.15, 0.2) is 4.99 Å². The van der Waals surface area contributed by atoms with Crippen molar-refractivity contribution in [2.75, 3.05) is 32.8 Å². The molecule has 2 heterocycles. The van der Waals surface area contributed by atoms with Crippen LogP contribution in [0.1, 0.15) is 42.3 Å². The smallest absolute Gasteiger partial charge is 0.193 e. The SMILES string of the molecule is CCNC(=NCCc1sc(C)nc1C)N1CCC(OCC)CC1. The summed E-state index contributed by atoms with van der Waals surface area (Å²) in [5.41, 5.74) is 1.16. The Morgan fingerprint density at radius 1 is 1.35 bits per heavy atom. The molecule has 1 saturated heterocycles. The summed E-state index contributed by atoms with van der Waals surface area (Å²) in [5.74, 6) is 1.04. The predicted molar refractivity (Wildman–Crippen MR) is 97.5 cm³/mol. The minimum absolute atomic E-state index is 0.418. The predicted octanol–water partition coefficient (Wildman–Crippen LogP) is 2.77. The molecule has 0 bridgehead atoms. The number of ether oxygens (including phenoxy) is 1. The highest BCUT2D eigenvalue weighted by Gasteiger charge is 2.21. The Balaban J connectivity index is 1.89. The lowest BCUT2D eigenvalue weighted by Gasteiger charge is -2.34. The Hall–Kier alpha value is -1.14. The Bertz CT molecular complexity index is 507. The average molecular weight is 339 g/mol. The van der Waals surface area contributed by atoms with Crippen molar-refractivity contribution in [2.24, 2.45) is 4.99 Å². The number of rotatable bonds is 6. The van der Waals surface area contributed by atoms with E-state index in [0.29, 0.717) is 6.10 Å². The summed E-state index contributed by atoms with van der Waals surface area (Å²) in [5, 5.41) is 4.57. The van der Waals surface area contributed by atoms with E-state index in [-0.39, 0.29) is 0 Å². The molecule has 1 aliphatic rings. The molecular weight excluding hydrogens is 308 g/mol. The lowest BCUT2D eigenvalue weighted by molar-refractivity contribution is 0.0264. The molecule has 2 rings (SSSR count). The summed E-state index contributed by atoms with van der Waals surface area (Å²) in [6.07, 6.45) is 3.57. The molecule has 1 aliphatic heterocycles. The van der Waals surface area contributed by atoms with Gasteiger partial charge in [-0.05, 0) is 40.5 Å². The molecule has 0 aromatic carbocycles. The van der Waals surface area contributed by atoms with E-state index in [4.69, 9.17) is 9.73 Å². The van der Waals surface area contributed by atoms with E-state index in [0.717, 1.165) is 68.7 Å². The van der Waals surface area contributed by atoms with Gasteiger partial charge in [0, 0.05) is 44.1 Å². The summed E-state index contributed by atoms with van der Waals surface area (Å²) in [4.78, 5) is 13.0. The van der Waals surface area contributed by atoms with Gasteiger partial charge in [-0.3, -0.25) is 4.99 Å². The van der Waals surface area contributed by atoms with E-state index in [2.05, 4.69) is 42.9 Å². The highest BCUT2D eigenvalue weighted by atomic mass is 32.1. The average Bonchev–Trinajstić information content (AvgIpc) is 2.85. The van der Waals surface area contributed by atoms with Gasteiger partial charge in [0.2, 0.25) is 0 Å². The molecule has 130 valence electrons. The second-order valence-electron chi connectivity index (χ2n) is 5.87. The summed E-state index contributed by atoms with van der Waals surface area (Å²) in [6.45, 7) is 12.9. The Kier molecular flexibility index (Phi) is 7.30. The molecule has 5 nitrogen and oxygen atoms in total. The number of thiazole rings is 1. The largest absolute Gasteiger partial charge is 0.378 e. The first kappa shape index (κ1) is 18.2. The lowest BCUT2D eigenvalue weighted by Crippen LogP contribution is -2.47. The van der Waals surface area contributed by atoms with Crippen molar-refractivity contribution in [1.29, 1.82) is 0 Å². The highest BCUT2D eigenvalue weighted by Crippen LogP contribution is 2.18. The topological polar surface area (TPSA) is 49.8 Å². The maximum absolute atomic E-state index is 5.73. The van der Waals surface area contributed by atoms with Gasteiger partial charge in [-0.15, -0.1) is 11.3 Å². The number of piperidine rings is 1. The van der Waals surface area contributed by atoms with Crippen molar-refractivity contribution in [3.8, 4) is 0 Å². The van der Waals surface area contributed by atoms with E-state index in [1.165, 1.54) is 4.88 Å². The van der Waals surface area contributed by atoms with Gasteiger partial charge in [-0.1, -0.05) is 0 Å². The van der Waals surface area contributed by atoms with Crippen molar-refractivity contribution in [3.63, 3.8) is 0 Å². The van der Waals surface area contributed by atoms with Crippen LogP contribution in [0.25, 0.3) is 0 Å². The molecule has 0 spiro atoms. The normalized spacial score (nSPS) is 16.9. The molecule has 0 aliphatic carbocycles. The van der Waals surface area contributed by atoms with Gasteiger partial charge in [0.05, 0.1) is 16.8 Å². The van der Waals surface area contributed by atoms with E-state index in [1.807, 2.05) is 0 Å². The van der Waals surface area contributed by atoms with Crippen LogP contribution in [0.4, 0.5) is 0 Å². The first-order valence-electron chi connectivity index (χ1n) is 8.71. The number of guanidine groups is 1. The van der Waals surface area contributed by atoms with E-state index >= 15 is 0 Å². The van der Waals surface area contributed by atoms with Gasteiger partial charge in [-0.25, -0.2) is 4.98 Å². The highest BCUT2D eigenvalue weighted by molar-refractivity contribution is 7.11. The number of aryl methyl sites for hydroxylation is 2. The van der Waals surface area contributed by atoms with Gasteiger partial charge < -0.3 is 15.0 Å². The van der Waals surface area contributed by atoms with Crippen LogP contribution in [0, 0.1) is 13.8 Å². The molecule has 0 atom stereocenters. The van der Waals surface area contributed by atoms with Crippen molar-refractivity contribution < 1.29 is 4.74 Å². The molecular formula is C17H30N4OS. The van der Waals surface area contributed by atoms with Gasteiger partial charge in [-0.2, -0.15) is 0 Å². The molecule has 0 amide bonds. The minimum atomic E-state index is 0.418. The van der Waals surface area contributed by atoms with Crippen LogP contribution in [0.5, 0.6) is 0 Å². The summed E-state index contributed by atoms with van der Waals surface area (Å²) >= 11 is 1.79. The van der Waals surface area contributed by atoms with Crippen LogP contribution < -0.4 is 5.32 Å². The van der Waals surface area contributed by atoms with E-state index < -0.39 is 0 Å². The Morgan fingerprint density at radius 3 is 2.65 bits per heavy atom. The zero-order valence-electron chi connectivity index (χ0n) is 14.9. The fraction of sp³-hybridized carbons (Fsp3) is 0.765. The van der Waals surface area contributed by atoms with Crippen molar-refractivity contribution in [2.45, 2.75) is 53.1 Å². The van der Waals surface area contributed by atoms with E-state index in [1.54, 1.807) is 11.3 Å². The number of hydrogen-bond acceptors (Lipinski definition) is 4. The fourth-order valence-corrected chi connectivity index (χ4v) is 3.89. The number of likely N-dealkylation sites (tertiary alicyclic amines) is 1. The van der Waals surface area contributed by atoms with E-state index in [9.17, 15) is 0 Å². The molecule has 1 aromatic rings. The third kappa shape index (κ3) is 5.46. The zero-order chi connectivity index (χ0) is 16.7. The molecule has 0 unspecified atom stereocenters. The molecule has 0 saturated carbocycles. The second kappa shape index (κ2) is 9.23. The van der Waals surface area contributed by atoms with Crippen LogP contribution in [0.3, 0.4) is 0 Å². The van der Waals surface area contributed by atoms with Gasteiger partial charge >= 0.3 is 0 Å². The molecule has 23 heavy (non-hydrogen) atoms. The summed E-state index contributed by atoms with van der Waals surface area (Å²) < 4.78 is 5.73. The standard InChI is InChI=1S/C17H30N4OS/c1-5-18-17(21-11-8-15(9-12-21)22-6-2)19-10-7-16-13(3)20-14(4)23-16/h15H,5-12H2,1-4H3,(H,18,19). The van der Waals surface area contributed by atoms with Gasteiger partial charge in [0.25, 0.3) is 0 Å². The molecule has 0 radical (unpaired) electrons. The minimum Gasteiger partial charge on any atom is -0.378 e. The van der Waals surface area contributed by atoms with Crippen LogP contribution in [-0.2, 0) is 11.2 Å². The number of aliphatic imine (C=N–C) groups is 1. The Morgan fingerprint density at radius 2 is 2.09 bits per heavy atom. The zero-order valence-corrected chi connectivity index (χ0v) is 15.7. The second-order valence-corrected chi connectivity index (χ2v) is 7.16.